The molecular weight excluding hydrogens is 238 g/mol. The fraction of sp³-hybridized carbons (Fsp3) is 0.625. The maximum absolute atomic E-state index is 9.17. The number of aliphatic hydroxyl groups excluding tert-OH is 1. The zero-order chi connectivity index (χ0) is 13.7. The second kappa shape index (κ2) is 6.92. The van der Waals surface area contributed by atoms with Crippen LogP contribution in [0.1, 0.15) is 37.3 Å². The van der Waals surface area contributed by atoms with Crippen molar-refractivity contribution in [3.63, 3.8) is 0 Å². The fourth-order valence-corrected chi connectivity index (χ4v) is 2.75. The molecular formula is C16H25NO2. The third kappa shape index (κ3) is 3.71. The summed E-state index contributed by atoms with van der Waals surface area (Å²) in [5, 5.41) is 9.17. The molecule has 19 heavy (non-hydrogen) atoms. The minimum atomic E-state index is 0.114. The first-order valence-electron chi connectivity index (χ1n) is 7.31. The van der Waals surface area contributed by atoms with Gasteiger partial charge in [-0.05, 0) is 43.4 Å². The number of nitrogens with zero attached hydrogens (tertiary/aromatic N) is 1. The normalized spacial score (nSPS) is 19.7. The summed E-state index contributed by atoms with van der Waals surface area (Å²) in [6, 6.07) is 6.22. The van der Waals surface area contributed by atoms with E-state index in [-0.39, 0.29) is 6.61 Å². The van der Waals surface area contributed by atoms with Crippen molar-refractivity contribution in [3.8, 4) is 0 Å². The van der Waals surface area contributed by atoms with Crippen LogP contribution in [0.25, 0.3) is 0 Å². The van der Waals surface area contributed by atoms with Crippen LogP contribution in [0.4, 0.5) is 5.69 Å². The molecule has 1 unspecified atom stereocenters. The molecule has 106 valence electrons. The van der Waals surface area contributed by atoms with Crippen LogP contribution in [0.3, 0.4) is 0 Å². The van der Waals surface area contributed by atoms with E-state index < -0.39 is 0 Å². The summed E-state index contributed by atoms with van der Waals surface area (Å²) < 4.78 is 5.89. The van der Waals surface area contributed by atoms with Crippen LogP contribution in [0, 0.1) is 6.92 Å². The monoisotopic (exact) mass is 263 g/mol. The van der Waals surface area contributed by atoms with Gasteiger partial charge in [0, 0.05) is 25.4 Å². The first-order chi connectivity index (χ1) is 9.24. The molecule has 0 bridgehead atoms. The highest BCUT2D eigenvalue weighted by atomic mass is 16.5. The summed E-state index contributed by atoms with van der Waals surface area (Å²) in [5.41, 5.74) is 3.50. The Hall–Kier alpha value is -1.06. The van der Waals surface area contributed by atoms with E-state index in [0.717, 1.165) is 31.7 Å². The van der Waals surface area contributed by atoms with Gasteiger partial charge in [-0.25, -0.2) is 0 Å². The van der Waals surface area contributed by atoms with E-state index in [4.69, 9.17) is 9.84 Å². The van der Waals surface area contributed by atoms with E-state index >= 15 is 0 Å². The highest BCUT2D eigenvalue weighted by Gasteiger charge is 2.21. The van der Waals surface area contributed by atoms with Gasteiger partial charge in [0.25, 0.3) is 0 Å². The first kappa shape index (κ1) is 14.4. The average Bonchev–Trinajstić information content (AvgIpc) is 2.45. The van der Waals surface area contributed by atoms with Gasteiger partial charge < -0.3 is 14.7 Å². The molecule has 1 aliphatic rings. The highest BCUT2D eigenvalue weighted by molar-refractivity contribution is 5.54. The van der Waals surface area contributed by atoms with Crippen molar-refractivity contribution in [3.05, 3.63) is 29.3 Å². The Labute approximate surface area is 116 Å². The lowest BCUT2D eigenvalue weighted by Gasteiger charge is -2.35. The van der Waals surface area contributed by atoms with Crippen molar-refractivity contribution in [1.29, 1.82) is 0 Å². The molecule has 0 radical (unpaired) electrons. The fourth-order valence-electron chi connectivity index (χ4n) is 2.75. The van der Waals surface area contributed by atoms with E-state index in [2.05, 4.69) is 30.9 Å². The molecule has 0 saturated carbocycles. The molecule has 0 aromatic heterocycles. The van der Waals surface area contributed by atoms with Gasteiger partial charge in [0.05, 0.1) is 12.7 Å². The number of piperidine rings is 1. The predicted molar refractivity (Wildman–Crippen MR) is 78.6 cm³/mol. The molecule has 2 rings (SSSR count). The number of aliphatic hydroxyl groups is 1. The van der Waals surface area contributed by atoms with Gasteiger partial charge in [0.15, 0.2) is 0 Å². The predicted octanol–water partition coefficient (Wildman–Crippen LogP) is 2.88. The van der Waals surface area contributed by atoms with Gasteiger partial charge in [-0.2, -0.15) is 0 Å². The lowest BCUT2D eigenvalue weighted by Crippen LogP contribution is -2.40. The Balaban J connectivity index is 2.04. The highest BCUT2D eigenvalue weighted by Crippen LogP contribution is 2.25. The van der Waals surface area contributed by atoms with E-state index in [0.29, 0.717) is 6.10 Å². The molecule has 1 aliphatic heterocycles. The number of rotatable bonds is 5. The van der Waals surface area contributed by atoms with Crippen LogP contribution < -0.4 is 4.90 Å². The van der Waals surface area contributed by atoms with Crippen LogP contribution >= 0.6 is 0 Å². The van der Waals surface area contributed by atoms with E-state index in [1.807, 2.05) is 6.07 Å². The number of hydrogen-bond acceptors (Lipinski definition) is 3. The summed E-state index contributed by atoms with van der Waals surface area (Å²) in [7, 11) is 0. The van der Waals surface area contributed by atoms with E-state index in [1.165, 1.54) is 24.1 Å². The molecule has 1 atom stereocenters. The van der Waals surface area contributed by atoms with Gasteiger partial charge >= 0.3 is 0 Å². The van der Waals surface area contributed by atoms with Crippen LogP contribution in [0.2, 0.25) is 0 Å². The van der Waals surface area contributed by atoms with Crippen molar-refractivity contribution in [2.75, 3.05) is 24.6 Å². The quantitative estimate of drug-likeness (QED) is 0.886. The summed E-state index contributed by atoms with van der Waals surface area (Å²) in [6.07, 6.45) is 3.81. The average molecular weight is 263 g/mol. The second-order valence-electron chi connectivity index (χ2n) is 5.36. The molecule has 1 heterocycles. The van der Waals surface area contributed by atoms with Gasteiger partial charge in [0.1, 0.15) is 0 Å². The summed E-state index contributed by atoms with van der Waals surface area (Å²) in [5.74, 6) is 0. The molecule has 1 fully saturated rings. The smallest absolute Gasteiger partial charge is 0.0750 e. The molecule has 1 saturated heterocycles. The maximum atomic E-state index is 9.17. The molecule has 3 heteroatoms. The SMILES string of the molecule is CCCOC1CCCN(c2ccc(CO)cc2C)C1. The Morgan fingerprint density at radius 3 is 2.95 bits per heavy atom. The van der Waals surface area contributed by atoms with Gasteiger partial charge in [-0.15, -0.1) is 0 Å². The van der Waals surface area contributed by atoms with Gasteiger partial charge in [-0.1, -0.05) is 19.1 Å². The number of benzene rings is 1. The lowest BCUT2D eigenvalue weighted by atomic mass is 10.0. The number of ether oxygens (including phenoxy) is 1. The molecule has 3 nitrogen and oxygen atoms in total. The minimum absolute atomic E-state index is 0.114. The molecule has 1 N–H and O–H groups in total. The number of anilines is 1. The third-order valence-corrected chi connectivity index (χ3v) is 3.72. The van der Waals surface area contributed by atoms with Crippen molar-refractivity contribution in [2.45, 2.75) is 45.8 Å². The molecule has 0 aliphatic carbocycles. The molecule has 1 aromatic rings. The topological polar surface area (TPSA) is 32.7 Å². The number of hydrogen-bond donors (Lipinski definition) is 1. The van der Waals surface area contributed by atoms with Crippen LogP contribution in [0.15, 0.2) is 18.2 Å². The van der Waals surface area contributed by atoms with Crippen molar-refractivity contribution >= 4 is 5.69 Å². The largest absolute Gasteiger partial charge is 0.392 e. The van der Waals surface area contributed by atoms with Crippen LogP contribution in [-0.4, -0.2) is 30.9 Å². The second-order valence-corrected chi connectivity index (χ2v) is 5.36. The molecule has 1 aromatic carbocycles. The zero-order valence-corrected chi connectivity index (χ0v) is 12.1. The van der Waals surface area contributed by atoms with Gasteiger partial charge in [0.2, 0.25) is 0 Å². The van der Waals surface area contributed by atoms with Crippen LogP contribution in [0.5, 0.6) is 0 Å². The first-order valence-corrected chi connectivity index (χ1v) is 7.31. The Bertz CT molecular complexity index is 406. The zero-order valence-electron chi connectivity index (χ0n) is 12.1. The summed E-state index contributed by atoms with van der Waals surface area (Å²) in [6.45, 7) is 7.33. The van der Waals surface area contributed by atoms with Crippen molar-refractivity contribution in [2.24, 2.45) is 0 Å². The van der Waals surface area contributed by atoms with E-state index in [9.17, 15) is 0 Å². The molecule has 0 amide bonds. The lowest BCUT2D eigenvalue weighted by molar-refractivity contribution is 0.0440. The summed E-state index contributed by atoms with van der Waals surface area (Å²) >= 11 is 0. The standard InChI is InChI=1S/C16H25NO2/c1-3-9-19-15-5-4-8-17(11-15)16-7-6-14(12-18)10-13(16)2/h6-7,10,15,18H,3-5,8-9,11-12H2,1-2H3. The van der Waals surface area contributed by atoms with Crippen molar-refractivity contribution in [1.82, 2.24) is 0 Å². The maximum Gasteiger partial charge on any atom is 0.0750 e. The minimum Gasteiger partial charge on any atom is -0.392 e. The van der Waals surface area contributed by atoms with Crippen LogP contribution in [-0.2, 0) is 11.3 Å². The Morgan fingerprint density at radius 1 is 1.42 bits per heavy atom. The number of aryl methyl sites for hydroxylation is 1. The summed E-state index contributed by atoms with van der Waals surface area (Å²) in [4.78, 5) is 2.42. The Morgan fingerprint density at radius 2 is 2.26 bits per heavy atom. The van der Waals surface area contributed by atoms with Gasteiger partial charge in [-0.3, -0.25) is 0 Å². The van der Waals surface area contributed by atoms with E-state index in [1.54, 1.807) is 0 Å². The third-order valence-electron chi connectivity index (χ3n) is 3.72. The molecule has 0 spiro atoms. The van der Waals surface area contributed by atoms with Crippen molar-refractivity contribution < 1.29 is 9.84 Å². The Kier molecular flexibility index (Phi) is 5.23.